The Morgan fingerprint density at radius 1 is 1.38 bits per heavy atom. The maximum Gasteiger partial charge on any atom is 0.214 e. The first-order chi connectivity index (χ1) is 7.52. The molecule has 0 aromatic heterocycles. The summed E-state index contributed by atoms with van der Waals surface area (Å²) in [5.74, 6) is 0.550. The van der Waals surface area contributed by atoms with E-state index in [1.54, 1.807) is 6.26 Å². The summed E-state index contributed by atoms with van der Waals surface area (Å²) in [5, 5.41) is 2.87. The normalized spacial score (nSPS) is 20.8. The van der Waals surface area contributed by atoms with E-state index in [1.165, 1.54) is 0 Å². The number of hydrogen-bond donors (Lipinski definition) is 2. The predicted molar refractivity (Wildman–Crippen MR) is 66.4 cm³/mol. The van der Waals surface area contributed by atoms with Crippen LogP contribution in [-0.2, 0) is 20.8 Å². The van der Waals surface area contributed by atoms with Crippen molar-refractivity contribution in [2.24, 2.45) is 0 Å². The first kappa shape index (κ1) is 14.1. The molecule has 0 aromatic rings. The molecule has 5 nitrogen and oxygen atoms in total. The molecule has 96 valence electrons. The van der Waals surface area contributed by atoms with Crippen molar-refractivity contribution >= 4 is 20.8 Å². The van der Waals surface area contributed by atoms with E-state index in [9.17, 15) is 12.6 Å². The van der Waals surface area contributed by atoms with Gasteiger partial charge in [-0.2, -0.15) is 0 Å². The highest BCUT2D eigenvalue weighted by Gasteiger charge is 2.26. The van der Waals surface area contributed by atoms with E-state index in [0.29, 0.717) is 31.6 Å². The van der Waals surface area contributed by atoms with Crippen LogP contribution in [0.4, 0.5) is 0 Å². The number of hydrogen-bond acceptors (Lipinski definition) is 4. The van der Waals surface area contributed by atoms with Gasteiger partial charge in [-0.25, -0.2) is 13.1 Å². The second kappa shape index (κ2) is 6.68. The fourth-order valence-corrected chi connectivity index (χ4v) is 3.79. The van der Waals surface area contributed by atoms with Gasteiger partial charge >= 0.3 is 0 Å². The largest absolute Gasteiger partial charge is 0.317 e. The number of sulfonamides is 1. The molecular formula is C9H20N2O3S2. The van der Waals surface area contributed by atoms with Crippen molar-refractivity contribution < 1.29 is 12.6 Å². The lowest BCUT2D eigenvalue weighted by molar-refractivity contribution is 0.489. The van der Waals surface area contributed by atoms with Crippen LogP contribution in [0.3, 0.4) is 0 Å². The molecule has 1 aliphatic heterocycles. The Kier molecular flexibility index (Phi) is 5.88. The molecule has 1 atom stereocenters. The number of rotatable bonds is 6. The molecule has 0 saturated carbocycles. The van der Waals surface area contributed by atoms with Crippen LogP contribution in [0.25, 0.3) is 0 Å². The third-order valence-corrected chi connectivity index (χ3v) is 5.46. The van der Waals surface area contributed by atoms with Gasteiger partial charge in [-0.05, 0) is 32.4 Å². The Balaban J connectivity index is 2.30. The minimum atomic E-state index is -3.17. The summed E-state index contributed by atoms with van der Waals surface area (Å²) in [6, 6.07) is 0. The molecular weight excluding hydrogens is 248 g/mol. The van der Waals surface area contributed by atoms with Gasteiger partial charge in [0, 0.05) is 29.4 Å². The third-order valence-electron chi connectivity index (χ3n) is 2.64. The number of piperidine rings is 1. The molecule has 1 unspecified atom stereocenters. The van der Waals surface area contributed by atoms with Crippen LogP contribution in [0.1, 0.15) is 19.3 Å². The van der Waals surface area contributed by atoms with Crippen molar-refractivity contribution in [3.05, 3.63) is 0 Å². The lowest BCUT2D eigenvalue weighted by Crippen LogP contribution is -2.42. The average molecular weight is 268 g/mol. The minimum Gasteiger partial charge on any atom is -0.317 e. The number of nitrogens with one attached hydrogen (secondary N) is 2. The van der Waals surface area contributed by atoms with Gasteiger partial charge < -0.3 is 5.32 Å². The predicted octanol–water partition coefficient (Wildman–Crippen LogP) is -0.574. The first-order valence-corrected chi connectivity index (χ1v) is 8.79. The maximum atomic E-state index is 11.8. The molecule has 1 saturated heterocycles. The van der Waals surface area contributed by atoms with Crippen LogP contribution in [0.15, 0.2) is 0 Å². The van der Waals surface area contributed by atoms with Gasteiger partial charge in [-0.3, -0.25) is 4.21 Å². The monoisotopic (exact) mass is 268 g/mol. The summed E-state index contributed by atoms with van der Waals surface area (Å²) in [7, 11) is -4.01. The minimum absolute atomic E-state index is 0.263. The van der Waals surface area contributed by atoms with Crippen molar-refractivity contribution in [2.75, 3.05) is 31.6 Å². The SMILES string of the molecule is CS(=O)CCCNS(=O)(=O)C1CCNCC1. The van der Waals surface area contributed by atoms with E-state index < -0.39 is 20.8 Å². The molecule has 1 rings (SSSR count). The molecule has 1 heterocycles. The topological polar surface area (TPSA) is 75.3 Å². The van der Waals surface area contributed by atoms with E-state index in [0.717, 1.165) is 13.1 Å². The van der Waals surface area contributed by atoms with Crippen molar-refractivity contribution in [1.82, 2.24) is 10.0 Å². The standard InChI is InChI=1S/C9H20N2O3S2/c1-15(12)8-2-5-11-16(13,14)9-3-6-10-7-4-9/h9-11H,2-8H2,1H3. The highest BCUT2D eigenvalue weighted by Crippen LogP contribution is 2.11. The Morgan fingerprint density at radius 3 is 2.56 bits per heavy atom. The van der Waals surface area contributed by atoms with E-state index in [1.807, 2.05) is 0 Å². The van der Waals surface area contributed by atoms with E-state index in [-0.39, 0.29) is 5.25 Å². The van der Waals surface area contributed by atoms with Crippen LogP contribution >= 0.6 is 0 Å². The lowest BCUT2D eigenvalue weighted by Gasteiger charge is -2.22. The molecule has 0 amide bonds. The van der Waals surface area contributed by atoms with E-state index in [4.69, 9.17) is 0 Å². The van der Waals surface area contributed by atoms with Gasteiger partial charge in [0.1, 0.15) is 0 Å². The van der Waals surface area contributed by atoms with Crippen LogP contribution in [-0.4, -0.2) is 49.5 Å². The van der Waals surface area contributed by atoms with Gasteiger partial charge in [0.25, 0.3) is 0 Å². The second-order valence-corrected chi connectivity index (χ2v) is 7.62. The van der Waals surface area contributed by atoms with Crippen molar-refractivity contribution in [1.29, 1.82) is 0 Å². The zero-order chi connectivity index (χ0) is 12.0. The average Bonchev–Trinajstić information content (AvgIpc) is 2.26. The fraction of sp³-hybridized carbons (Fsp3) is 1.00. The molecule has 0 radical (unpaired) electrons. The van der Waals surface area contributed by atoms with Gasteiger partial charge in [0.05, 0.1) is 5.25 Å². The highest BCUT2D eigenvalue weighted by atomic mass is 32.2. The quantitative estimate of drug-likeness (QED) is 0.632. The zero-order valence-corrected chi connectivity index (χ0v) is 11.2. The molecule has 2 N–H and O–H groups in total. The van der Waals surface area contributed by atoms with Crippen LogP contribution < -0.4 is 10.0 Å². The molecule has 7 heteroatoms. The zero-order valence-electron chi connectivity index (χ0n) is 9.57. The summed E-state index contributed by atoms with van der Waals surface area (Å²) in [6.07, 6.45) is 3.61. The first-order valence-electron chi connectivity index (χ1n) is 5.51. The van der Waals surface area contributed by atoms with Crippen molar-refractivity contribution in [3.8, 4) is 0 Å². The lowest BCUT2D eigenvalue weighted by atomic mass is 10.2. The Labute approximate surface area is 99.9 Å². The van der Waals surface area contributed by atoms with Crippen molar-refractivity contribution in [2.45, 2.75) is 24.5 Å². The van der Waals surface area contributed by atoms with Crippen LogP contribution in [0.2, 0.25) is 0 Å². The molecule has 0 spiro atoms. The second-order valence-electron chi connectivity index (χ2n) is 4.02. The van der Waals surface area contributed by atoms with Gasteiger partial charge in [-0.15, -0.1) is 0 Å². The maximum absolute atomic E-state index is 11.8. The van der Waals surface area contributed by atoms with Gasteiger partial charge in [-0.1, -0.05) is 0 Å². The molecule has 0 aromatic carbocycles. The Bertz CT molecular complexity index is 324. The van der Waals surface area contributed by atoms with E-state index in [2.05, 4.69) is 10.0 Å². The molecule has 1 fully saturated rings. The molecule has 1 aliphatic rings. The van der Waals surface area contributed by atoms with Crippen LogP contribution in [0, 0.1) is 0 Å². The molecule has 0 bridgehead atoms. The summed E-state index contributed by atoms with van der Waals surface area (Å²) < 4.78 is 37.0. The van der Waals surface area contributed by atoms with Crippen LogP contribution in [0.5, 0.6) is 0 Å². The summed E-state index contributed by atoms with van der Waals surface area (Å²) >= 11 is 0. The summed E-state index contributed by atoms with van der Waals surface area (Å²) in [4.78, 5) is 0. The van der Waals surface area contributed by atoms with Gasteiger partial charge in [0.2, 0.25) is 10.0 Å². The Hall–Kier alpha value is 0.0200. The van der Waals surface area contributed by atoms with E-state index >= 15 is 0 Å². The fourth-order valence-electron chi connectivity index (χ4n) is 1.71. The third kappa shape index (κ3) is 4.90. The molecule has 0 aliphatic carbocycles. The smallest absolute Gasteiger partial charge is 0.214 e. The summed E-state index contributed by atoms with van der Waals surface area (Å²) in [5.41, 5.74) is 0. The van der Waals surface area contributed by atoms with Gasteiger partial charge in [0.15, 0.2) is 0 Å². The summed E-state index contributed by atoms with van der Waals surface area (Å²) in [6.45, 7) is 1.93. The highest BCUT2D eigenvalue weighted by molar-refractivity contribution is 7.90. The van der Waals surface area contributed by atoms with Crippen molar-refractivity contribution in [3.63, 3.8) is 0 Å². The Morgan fingerprint density at radius 2 is 2.00 bits per heavy atom. The molecule has 16 heavy (non-hydrogen) atoms.